The van der Waals surface area contributed by atoms with Crippen LogP contribution < -0.4 is 0 Å². The van der Waals surface area contributed by atoms with Crippen molar-refractivity contribution in [2.45, 2.75) is 31.1 Å². The van der Waals surface area contributed by atoms with Crippen molar-refractivity contribution < 1.29 is 4.52 Å². The number of nitrogens with zero attached hydrogens (tertiary/aromatic N) is 2. The van der Waals surface area contributed by atoms with Crippen molar-refractivity contribution in [3.63, 3.8) is 0 Å². The van der Waals surface area contributed by atoms with E-state index in [0.29, 0.717) is 5.89 Å². The van der Waals surface area contributed by atoms with Gasteiger partial charge in [0.15, 0.2) is 5.82 Å². The van der Waals surface area contributed by atoms with E-state index in [1.54, 1.807) is 0 Å². The quantitative estimate of drug-likeness (QED) is 0.766. The van der Waals surface area contributed by atoms with Gasteiger partial charge in [-0.05, 0) is 30.4 Å². The molecule has 0 radical (unpaired) electrons. The molecule has 0 fully saturated rings. The summed E-state index contributed by atoms with van der Waals surface area (Å²) in [4.78, 5) is 4.34. The Hall–Kier alpha value is -1.35. The number of aromatic nitrogens is 2. The molecule has 1 aromatic carbocycles. The number of aryl methyl sites for hydroxylation is 1. The van der Waals surface area contributed by atoms with Crippen LogP contribution in [0.4, 0.5) is 0 Å². The highest BCUT2D eigenvalue weighted by Gasteiger charge is 2.25. The zero-order chi connectivity index (χ0) is 11.7. The minimum absolute atomic E-state index is 0.265. The summed E-state index contributed by atoms with van der Waals surface area (Å²) in [7, 11) is 0. The van der Waals surface area contributed by atoms with Gasteiger partial charge >= 0.3 is 0 Å². The molecule has 0 saturated heterocycles. The summed E-state index contributed by atoms with van der Waals surface area (Å²) in [5, 5.41) is 4.04. The molecular formula is C13H13ClN2O. The lowest BCUT2D eigenvalue weighted by Crippen LogP contribution is -2.12. The third kappa shape index (κ3) is 1.95. The molecule has 1 aliphatic carbocycles. The molecule has 0 aliphatic heterocycles. The van der Waals surface area contributed by atoms with Crippen LogP contribution in [-0.2, 0) is 12.3 Å². The van der Waals surface area contributed by atoms with Crippen molar-refractivity contribution in [3.8, 4) is 0 Å². The maximum absolute atomic E-state index is 5.68. The monoisotopic (exact) mass is 248 g/mol. The summed E-state index contributed by atoms with van der Waals surface area (Å²) in [6.45, 7) is 0. The summed E-state index contributed by atoms with van der Waals surface area (Å²) in [5.74, 6) is 1.82. The predicted octanol–water partition coefficient (Wildman–Crippen LogP) is 3.28. The molecule has 1 aromatic heterocycles. The van der Waals surface area contributed by atoms with Gasteiger partial charge in [0.1, 0.15) is 5.88 Å². The molecule has 0 spiro atoms. The molecule has 1 heterocycles. The van der Waals surface area contributed by atoms with E-state index in [1.807, 2.05) is 0 Å². The molecule has 0 N–H and O–H groups in total. The molecule has 4 heteroatoms. The van der Waals surface area contributed by atoms with E-state index in [2.05, 4.69) is 34.4 Å². The van der Waals surface area contributed by atoms with Gasteiger partial charge in [-0.15, -0.1) is 11.6 Å². The minimum Gasteiger partial charge on any atom is -0.338 e. The molecule has 17 heavy (non-hydrogen) atoms. The van der Waals surface area contributed by atoms with Gasteiger partial charge in [0.25, 0.3) is 0 Å². The lowest BCUT2D eigenvalue weighted by molar-refractivity contribution is 0.380. The summed E-state index contributed by atoms with van der Waals surface area (Å²) < 4.78 is 5.09. The second-order valence-electron chi connectivity index (χ2n) is 4.32. The molecule has 0 bridgehead atoms. The fourth-order valence-corrected chi connectivity index (χ4v) is 2.59. The van der Waals surface area contributed by atoms with Crippen molar-refractivity contribution in [1.82, 2.24) is 10.1 Å². The molecule has 0 amide bonds. The fraction of sp³-hybridized carbons (Fsp3) is 0.385. The molecule has 1 aliphatic rings. The summed E-state index contributed by atoms with van der Waals surface area (Å²) in [6, 6.07) is 8.50. The second-order valence-corrected chi connectivity index (χ2v) is 4.59. The van der Waals surface area contributed by atoms with Crippen molar-refractivity contribution in [3.05, 3.63) is 47.1 Å². The van der Waals surface area contributed by atoms with Gasteiger partial charge in [-0.3, -0.25) is 0 Å². The number of rotatable bonds is 2. The van der Waals surface area contributed by atoms with Crippen molar-refractivity contribution >= 4 is 11.6 Å². The largest absolute Gasteiger partial charge is 0.338 e. The maximum atomic E-state index is 5.68. The second kappa shape index (κ2) is 4.49. The first-order valence-electron chi connectivity index (χ1n) is 5.84. The van der Waals surface area contributed by atoms with Crippen LogP contribution in [0.3, 0.4) is 0 Å². The van der Waals surface area contributed by atoms with E-state index in [4.69, 9.17) is 16.1 Å². The van der Waals surface area contributed by atoms with E-state index in [9.17, 15) is 0 Å². The van der Waals surface area contributed by atoms with Crippen LogP contribution in [0.15, 0.2) is 28.8 Å². The first-order chi connectivity index (χ1) is 8.38. The number of alkyl halides is 1. The standard InChI is InChI=1S/C13H13ClN2O/c14-8-12-15-13(16-17-12)11-7-3-5-9-4-1-2-6-10(9)11/h1-2,4,6,11H,3,5,7-8H2/t11-/m1/s1. The van der Waals surface area contributed by atoms with Crippen LogP contribution in [-0.4, -0.2) is 10.1 Å². The first-order valence-corrected chi connectivity index (χ1v) is 6.38. The van der Waals surface area contributed by atoms with Gasteiger partial charge in [0.05, 0.1) is 0 Å². The topological polar surface area (TPSA) is 38.9 Å². The average Bonchev–Trinajstić information content (AvgIpc) is 2.87. The summed E-state index contributed by atoms with van der Waals surface area (Å²) in [6.07, 6.45) is 3.40. The van der Waals surface area contributed by atoms with E-state index in [1.165, 1.54) is 17.5 Å². The average molecular weight is 249 g/mol. The molecule has 88 valence electrons. The van der Waals surface area contributed by atoms with E-state index in [-0.39, 0.29) is 11.8 Å². The number of hydrogen-bond donors (Lipinski definition) is 0. The third-order valence-electron chi connectivity index (χ3n) is 3.28. The summed E-state index contributed by atoms with van der Waals surface area (Å²) >= 11 is 5.68. The third-order valence-corrected chi connectivity index (χ3v) is 3.51. The van der Waals surface area contributed by atoms with Crippen LogP contribution in [0.1, 0.15) is 41.6 Å². The lowest BCUT2D eigenvalue weighted by atomic mass is 9.82. The number of hydrogen-bond acceptors (Lipinski definition) is 3. The lowest BCUT2D eigenvalue weighted by Gasteiger charge is -2.22. The highest BCUT2D eigenvalue weighted by molar-refractivity contribution is 6.16. The van der Waals surface area contributed by atoms with Crippen molar-refractivity contribution in [2.24, 2.45) is 0 Å². The molecular weight excluding hydrogens is 236 g/mol. The highest BCUT2D eigenvalue weighted by Crippen LogP contribution is 2.35. The highest BCUT2D eigenvalue weighted by atomic mass is 35.5. The predicted molar refractivity (Wildman–Crippen MR) is 65.1 cm³/mol. The number of benzene rings is 1. The Labute approximate surface area is 105 Å². The molecule has 0 unspecified atom stereocenters. The molecule has 3 nitrogen and oxygen atoms in total. The Kier molecular flexibility index (Phi) is 2.85. The SMILES string of the molecule is ClCc1nc([C@@H]2CCCc3ccccc32)no1. The Morgan fingerprint density at radius 2 is 2.24 bits per heavy atom. The Morgan fingerprint density at radius 3 is 3.06 bits per heavy atom. The first kappa shape index (κ1) is 10.8. The van der Waals surface area contributed by atoms with Gasteiger partial charge in [0.2, 0.25) is 5.89 Å². The van der Waals surface area contributed by atoms with E-state index in [0.717, 1.165) is 18.7 Å². The zero-order valence-electron chi connectivity index (χ0n) is 9.40. The van der Waals surface area contributed by atoms with Gasteiger partial charge < -0.3 is 4.52 Å². The Bertz CT molecular complexity index is 524. The fourth-order valence-electron chi connectivity index (χ4n) is 2.49. The summed E-state index contributed by atoms with van der Waals surface area (Å²) in [5.41, 5.74) is 2.74. The van der Waals surface area contributed by atoms with Crippen molar-refractivity contribution in [2.75, 3.05) is 0 Å². The van der Waals surface area contributed by atoms with Crippen LogP contribution in [0.5, 0.6) is 0 Å². The molecule has 2 aromatic rings. The van der Waals surface area contributed by atoms with Gasteiger partial charge in [-0.25, -0.2) is 0 Å². The van der Waals surface area contributed by atoms with E-state index >= 15 is 0 Å². The number of halogens is 1. The van der Waals surface area contributed by atoms with Gasteiger partial charge in [0, 0.05) is 5.92 Å². The Morgan fingerprint density at radius 1 is 1.35 bits per heavy atom. The molecule has 0 saturated carbocycles. The smallest absolute Gasteiger partial charge is 0.241 e. The Balaban J connectivity index is 1.99. The normalized spacial score (nSPS) is 19.0. The maximum Gasteiger partial charge on any atom is 0.241 e. The van der Waals surface area contributed by atoms with Crippen LogP contribution in [0.2, 0.25) is 0 Å². The number of fused-ring (bicyclic) bond motifs is 1. The van der Waals surface area contributed by atoms with Crippen molar-refractivity contribution in [1.29, 1.82) is 0 Å². The van der Waals surface area contributed by atoms with Crippen LogP contribution >= 0.6 is 11.6 Å². The van der Waals surface area contributed by atoms with Gasteiger partial charge in [-0.1, -0.05) is 29.4 Å². The zero-order valence-corrected chi connectivity index (χ0v) is 10.2. The van der Waals surface area contributed by atoms with Crippen LogP contribution in [0, 0.1) is 0 Å². The van der Waals surface area contributed by atoms with E-state index < -0.39 is 0 Å². The van der Waals surface area contributed by atoms with Gasteiger partial charge in [-0.2, -0.15) is 4.98 Å². The molecule has 1 atom stereocenters. The van der Waals surface area contributed by atoms with Crippen LogP contribution in [0.25, 0.3) is 0 Å². The molecule has 3 rings (SSSR count). The minimum atomic E-state index is 0.265.